The van der Waals surface area contributed by atoms with Crippen molar-refractivity contribution in [1.29, 1.82) is 0 Å². The van der Waals surface area contributed by atoms with Crippen molar-refractivity contribution >= 4 is 5.91 Å². The van der Waals surface area contributed by atoms with Gasteiger partial charge in [0, 0.05) is 13.5 Å². The summed E-state index contributed by atoms with van der Waals surface area (Å²) in [6.45, 7) is 3.51. The van der Waals surface area contributed by atoms with Crippen LogP contribution >= 0.6 is 0 Å². The molecule has 14 heavy (non-hydrogen) atoms. The number of nitrogens with one attached hydrogen (secondary N) is 2. The van der Waals surface area contributed by atoms with E-state index in [1.165, 1.54) is 0 Å². The standard InChI is InChI=1S/C10H22N2O2/c1-4-9(8-14-3)12-10(13)6-5-7-11-2/h9,11H,4-8H2,1-3H3,(H,12,13). The van der Waals surface area contributed by atoms with Gasteiger partial charge in [0.25, 0.3) is 0 Å². The molecule has 0 spiro atoms. The van der Waals surface area contributed by atoms with Gasteiger partial charge in [-0.1, -0.05) is 6.92 Å². The minimum absolute atomic E-state index is 0.115. The lowest BCUT2D eigenvalue weighted by Gasteiger charge is -2.15. The molecule has 4 nitrogen and oxygen atoms in total. The lowest BCUT2D eigenvalue weighted by atomic mass is 10.2. The first-order valence-corrected chi connectivity index (χ1v) is 5.17. The third-order valence-electron chi connectivity index (χ3n) is 2.06. The Morgan fingerprint density at radius 1 is 1.50 bits per heavy atom. The number of hydrogen-bond acceptors (Lipinski definition) is 3. The molecule has 0 rings (SSSR count). The van der Waals surface area contributed by atoms with Crippen LogP contribution in [0.5, 0.6) is 0 Å². The summed E-state index contributed by atoms with van der Waals surface area (Å²) in [5.74, 6) is 0.115. The number of methoxy groups -OCH3 is 1. The van der Waals surface area contributed by atoms with Gasteiger partial charge >= 0.3 is 0 Å². The van der Waals surface area contributed by atoms with Gasteiger partial charge in [0.1, 0.15) is 0 Å². The molecular weight excluding hydrogens is 180 g/mol. The van der Waals surface area contributed by atoms with E-state index in [0.29, 0.717) is 13.0 Å². The smallest absolute Gasteiger partial charge is 0.220 e. The highest BCUT2D eigenvalue weighted by atomic mass is 16.5. The first-order chi connectivity index (χ1) is 6.74. The quantitative estimate of drug-likeness (QED) is 0.564. The predicted molar refractivity (Wildman–Crippen MR) is 57.3 cm³/mol. The highest BCUT2D eigenvalue weighted by Gasteiger charge is 2.08. The summed E-state index contributed by atoms with van der Waals surface area (Å²) < 4.78 is 4.99. The second-order valence-corrected chi connectivity index (χ2v) is 3.34. The molecule has 0 aliphatic carbocycles. The molecule has 0 aliphatic heterocycles. The van der Waals surface area contributed by atoms with Crippen molar-refractivity contribution in [3.63, 3.8) is 0 Å². The van der Waals surface area contributed by atoms with Crippen LogP contribution in [0.15, 0.2) is 0 Å². The van der Waals surface area contributed by atoms with Crippen LogP contribution in [-0.4, -0.2) is 39.3 Å². The number of carbonyl (C=O) groups is 1. The molecule has 84 valence electrons. The highest BCUT2D eigenvalue weighted by molar-refractivity contribution is 5.76. The topological polar surface area (TPSA) is 50.4 Å². The molecule has 0 aromatic heterocycles. The van der Waals surface area contributed by atoms with Gasteiger partial charge in [-0.3, -0.25) is 4.79 Å². The Morgan fingerprint density at radius 3 is 2.71 bits per heavy atom. The summed E-state index contributed by atoms with van der Waals surface area (Å²) in [5.41, 5.74) is 0. The van der Waals surface area contributed by atoms with Crippen molar-refractivity contribution in [1.82, 2.24) is 10.6 Å². The van der Waals surface area contributed by atoms with E-state index in [1.807, 2.05) is 14.0 Å². The zero-order valence-electron chi connectivity index (χ0n) is 9.43. The normalized spacial score (nSPS) is 12.5. The minimum atomic E-state index is 0.115. The molecule has 0 aliphatic rings. The van der Waals surface area contributed by atoms with Crippen molar-refractivity contribution in [3.8, 4) is 0 Å². The second-order valence-electron chi connectivity index (χ2n) is 3.34. The van der Waals surface area contributed by atoms with Crippen LogP contribution in [0.4, 0.5) is 0 Å². The summed E-state index contributed by atoms with van der Waals surface area (Å²) in [7, 11) is 3.54. The monoisotopic (exact) mass is 202 g/mol. The Kier molecular flexibility index (Phi) is 8.57. The van der Waals surface area contributed by atoms with Crippen molar-refractivity contribution < 1.29 is 9.53 Å². The molecule has 0 radical (unpaired) electrons. The van der Waals surface area contributed by atoms with Crippen LogP contribution < -0.4 is 10.6 Å². The minimum Gasteiger partial charge on any atom is -0.383 e. The maximum Gasteiger partial charge on any atom is 0.220 e. The molecule has 0 aromatic carbocycles. The Hall–Kier alpha value is -0.610. The van der Waals surface area contributed by atoms with E-state index in [4.69, 9.17) is 4.74 Å². The van der Waals surface area contributed by atoms with Crippen molar-refractivity contribution in [3.05, 3.63) is 0 Å². The summed E-state index contributed by atoms with van der Waals surface area (Å²) in [6.07, 6.45) is 2.37. The summed E-state index contributed by atoms with van der Waals surface area (Å²) in [4.78, 5) is 11.4. The van der Waals surface area contributed by atoms with E-state index >= 15 is 0 Å². The molecule has 0 bridgehead atoms. The third-order valence-corrected chi connectivity index (χ3v) is 2.06. The third kappa shape index (κ3) is 6.86. The van der Waals surface area contributed by atoms with E-state index in [9.17, 15) is 4.79 Å². The van der Waals surface area contributed by atoms with Gasteiger partial charge in [-0.25, -0.2) is 0 Å². The number of carbonyl (C=O) groups excluding carboxylic acids is 1. The molecule has 0 saturated carbocycles. The van der Waals surface area contributed by atoms with Gasteiger partial charge in [0.15, 0.2) is 0 Å². The Balaban J connectivity index is 3.56. The lowest BCUT2D eigenvalue weighted by Crippen LogP contribution is -2.37. The number of hydrogen-bond donors (Lipinski definition) is 2. The van der Waals surface area contributed by atoms with Crippen LogP contribution in [0.2, 0.25) is 0 Å². The van der Waals surface area contributed by atoms with Crippen LogP contribution in [0, 0.1) is 0 Å². The molecule has 0 heterocycles. The van der Waals surface area contributed by atoms with Gasteiger partial charge in [-0.05, 0) is 26.4 Å². The average molecular weight is 202 g/mol. The average Bonchev–Trinajstić information content (AvgIpc) is 2.17. The molecule has 0 aromatic rings. The summed E-state index contributed by atoms with van der Waals surface area (Å²) in [6, 6.07) is 0.155. The Morgan fingerprint density at radius 2 is 2.21 bits per heavy atom. The molecule has 2 N–H and O–H groups in total. The SMILES string of the molecule is CCC(COC)NC(=O)CCCNC. The number of amides is 1. The van der Waals surface area contributed by atoms with Crippen LogP contribution in [0.25, 0.3) is 0 Å². The van der Waals surface area contributed by atoms with Gasteiger partial charge < -0.3 is 15.4 Å². The molecule has 0 fully saturated rings. The predicted octanol–water partition coefficient (Wildman–Crippen LogP) is 0.527. The van der Waals surface area contributed by atoms with Gasteiger partial charge in [0.05, 0.1) is 12.6 Å². The summed E-state index contributed by atoms with van der Waals surface area (Å²) in [5, 5.41) is 5.95. The molecular formula is C10H22N2O2. The van der Waals surface area contributed by atoms with Crippen molar-refractivity contribution in [2.45, 2.75) is 32.2 Å². The van der Waals surface area contributed by atoms with E-state index in [0.717, 1.165) is 19.4 Å². The number of ether oxygens (including phenoxy) is 1. The van der Waals surface area contributed by atoms with Gasteiger partial charge in [0.2, 0.25) is 5.91 Å². The molecule has 4 heteroatoms. The Bertz CT molecular complexity index is 151. The number of rotatable bonds is 8. The van der Waals surface area contributed by atoms with E-state index in [2.05, 4.69) is 10.6 Å². The zero-order chi connectivity index (χ0) is 10.8. The van der Waals surface area contributed by atoms with E-state index in [1.54, 1.807) is 7.11 Å². The van der Waals surface area contributed by atoms with Crippen LogP contribution in [0.1, 0.15) is 26.2 Å². The van der Waals surface area contributed by atoms with Gasteiger partial charge in [-0.2, -0.15) is 0 Å². The fourth-order valence-electron chi connectivity index (χ4n) is 1.19. The zero-order valence-corrected chi connectivity index (χ0v) is 9.43. The van der Waals surface area contributed by atoms with E-state index in [-0.39, 0.29) is 11.9 Å². The maximum atomic E-state index is 11.4. The largest absolute Gasteiger partial charge is 0.383 e. The van der Waals surface area contributed by atoms with Crippen molar-refractivity contribution in [2.75, 3.05) is 27.3 Å². The second kappa shape index (κ2) is 8.97. The first-order valence-electron chi connectivity index (χ1n) is 5.17. The van der Waals surface area contributed by atoms with Crippen LogP contribution in [0.3, 0.4) is 0 Å². The molecule has 0 saturated heterocycles. The van der Waals surface area contributed by atoms with Crippen LogP contribution in [-0.2, 0) is 9.53 Å². The summed E-state index contributed by atoms with van der Waals surface area (Å²) >= 11 is 0. The fraction of sp³-hybridized carbons (Fsp3) is 0.900. The van der Waals surface area contributed by atoms with Gasteiger partial charge in [-0.15, -0.1) is 0 Å². The molecule has 1 atom stereocenters. The fourth-order valence-corrected chi connectivity index (χ4v) is 1.19. The van der Waals surface area contributed by atoms with E-state index < -0.39 is 0 Å². The lowest BCUT2D eigenvalue weighted by molar-refractivity contribution is -0.122. The maximum absolute atomic E-state index is 11.4. The Labute approximate surface area is 86.4 Å². The molecule has 1 unspecified atom stereocenters. The highest BCUT2D eigenvalue weighted by Crippen LogP contribution is 1.94. The van der Waals surface area contributed by atoms with Crippen molar-refractivity contribution in [2.24, 2.45) is 0 Å². The molecule has 1 amide bonds. The first kappa shape index (κ1) is 13.4.